The molecule has 3 nitrogen and oxygen atoms in total. The van der Waals surface area contributed by atoms with E-state index in [2.05, 4.69) is 11.6 Å². The first kappa shape index (κ1) is 12.8. The topological polar surface area (TPSA) is 49.3 Å². The fourth-order valence-corrected chi connectivity index (χ4v) is 2.84. The highest BCUT2D eigenvalue weighted by atomic mass is 32.2. The zero-order valence-electron chi connectivity index (χ0n) is 9.37. The molecule has 2 N–H and O–H groups in total. The first-order valence-electron chi connectivity index (χ1n) is 5.70. The third kappa shape index (κ3) is 5.42. The highest BCUT2D eigenvalue weighted by Crippen LogP contribution is 2.27. The third-order valence-electron chi connectivity index (χ3n) is 2.97. The molecule has 88 valence electrons. The summed E-state index contributed by atoms with van der Waals surface area (Å²) in [4.78, 5) is 10.3. The van der Waals surface area contributed by atoms with Crippen molar-refractivity contribution in [3.8, 4) is 0 Å². The second-order valence-electron chi connectivity index (χ2n) is 4.17. The van der Waals surface area contributed by atoms with Gasteiger partial charge in [0.2, 0.25) is 0 Å². The SMILES string of the molecule is CSC1CCC(NCCCCC(=O)O)C1. The van der Waals surface area contributed by atoms with Gasteiger partial charge in [0, 0.05) is 17.7 Å². The fourth-order valence-electron chi connectivity index (χ4n) is 2.05. The average Bonchev–Trinajstić information content (AvgIpc) is 2.65. The van der Waals surface area contributed by atoms with Crippen molar-refractivity contribution in [2.75, 3.05) is 12.8 Å². The summed E-state index contributed by atoms with van der Waals surface area (Å²) in [7, 11) is 0. The van der Waals surface area contributed by atoms with E-state index >= 15 is 0 Å². The molecular weight excluding hydrogens is 210 g/mol. The van der Waals surface area contributed by atoms with Crippen LogP contribution in [0, 0.1) is 0 Å². The van der Waals surface area contributed by atoms with Crippen molar-refractivity contribution in [1.82, 2.24) is 5.32 Å². The van der Waals surface area contributed by atoms with Crippen LogP contribution in [0.15, 0.2) is 0 Å². The number of aliphatic carboxylic acids is 1. The molecule has 0 amide bonds. The van der Waals surface area contributed by atoms with Crippen molar-refractivity contribution >= 4 is 17.7 Å². The molecule has 15 heavy (non-hydrogen) atoms. The number of carbonyl (C=O) groups is 1. The van der Waals surface area contributed by atoms with Crippen molar-refractivity contribution in [3.63, 3.8) is 0 Å². The van der Waals surface area contributed by atoms with Crippen LogP contribution >= 0.6 is 11.8 Å². The van der Waals surface area contributed by atoms with Crippen LogP contribution in [0.1, 0.15) is 38.5 Å². The minimum atomic E-state index is -0.682. The molecular formula is C11H21NO2S. The molecule has 0 bridgehead atoms. The summed E-state index contributed by atoms with van der Waals surface area (Å²) in [5, 5.41) is 12.8. The van der Waals surface area contributed by atoms with E-state index in [0.717, 1.165) is 24.6 Å². The van der Waals surface area contributed by atoms with Gasteiger partial charge in [0.1, 0.15) is 0 Å². The van der Waals surface area contributed by atoms with E-state index in [-0.39, 0.29) is 0 Å². The third-order valence-corrected chi connectivity index (χ3v) is 4.06. The number of nitrogens with one attached hydrogen (secondary N) is 1. The Balaban J connectivity index is 1.94. The van der Waals surface area contributed by atoms with Crippen LogP contribution in [-0.2, 0) is 4.79 Å². The maximum absolute atomic E-state index is 10.3. The molecule has 0 aliphatic heterocycles. The Morgan fingerprint density at radius 3 is 2.87 bits per heavy atom. The minimum absolute atomic E-state index is 0.305. The predicted octanol–water partition coefficient (Wildman–Crippen LogP) is 2.12. The molecule has 2 unspecified atom stereocenters. The Morgan fingerprint density at radius 2 is 2.27 bits per heavy atom. The van der Waals surface area contributed by atoms with Crippen LogP contribution in [0.3, 0.4) is 0 Å². The standard InChI is InChI=1S/C11H21NO2S/c1-15-10-6-5-9(8-10)12-7-3-2-4-11(13)14/h9-10,12H,2-8H2,1H3,(H,13,14). The fraction of sp³-hybridized carbons (Fsp3) is 0.909. The van der Waals surface area contributed by atoms with Gasteiger partial charge in [-0.05, 0) is 44.9 Å². The summed E-state index contributed by atoms with van der Waals surface area (Å²) in [5.41, 5.74) is 0. The molecule has 1 fully saturated rings. The summed E-state index contributed by atoms with van der Waals surface area (Å²) in [6.45, 7) is 0.971. The van der Waals surface area contributed by atoms with Gasteiger partial charge in [-0.2, -0.15) is 11.8 Å². The highest BCUT2D eigenvalue weighted by Gasteiger charge is 2.22. The molecule has 4 heteroatoms. The van der Waals surface area contributed by atoms with Crippen LogP contribution in [0.5, 0.6) is 0 Å². The van der Waals surface area contributed by atoms with Crippen LogP contribution < -0.4 is 5.32 Å². The Morgan fingerprint density at radius 1 is 1.47 bits per heavy atom. The second-order valence-corrected chi connectivity index (χ2v) is 5.31. The number of thioether (sulfide) groups is 1. The molecule has 1 aliphatic rings. The van der Waals surface area contributed by atoms with Gasteiger partial charge in [-0.25, -0.2) is 0 Å². The van der Waals surface area contributed by atoms with Crippen molar-refractivity contribution < 1.29 is 9.90 Å². The molecule has 1 saturated carbocycles. The summed E-state index contributed by atoms with van der Waals surface area (Å²) in [5.74, 6) is -0.682. The summed E-state index contributed by atoms with van der Waals surface area (Å²) in [6.07, 6.45) is 8.14. The maximum atomic E-state index is 10.3. The Labute approximate surface area is 96.0 Å². The Bertz CT molecular complexity index is 199. The molecule has 0 spiro atoms. The average molecular weight is 231 g/mol. The van der Waals surface area contributed by atoms with Crippen molar-refractivity contribution in [2.24, 2.45) is 0 Å². The molecule has 1 rings (SSSR count). The second kappa shape index (κ2) is 7.12. The highest BCUT2D eigenvalue weighted by molar-refractivity contribution is 7.99. The van der Waals surface area contributed by atoms with E-state index < -0.39 is 5.97 Å². The van der Waals surface area contributed by atoms with E-state index in [1.54, 1.807) is 0 Å². The molecule has 1 aliphatic carbocycles. The molecule has 0 saturated heterocycles. The van der Waals surface area contributed by atoms with E-state index in [9.17, 15) is 4.79 Å². The van der Waals surface area contributed by atoms with Gasteiger partial charge < -0.3 is 10.4 Å². The molecule has 0 aromatic heterocycles. The largest absolute Gasteiger partial charge is 0.481 e. The number of unbranched alkanes of at least 4 members (excludes halogenated alkanes) is 1. The zero-order chi connectivity index (χ0) is 11.1. The van der Waals surface area contributed by atoms with E-state index in [1.165, 1.54) is 19.3 Å². The number of rotatable bonds is 7. The van der Waals surface area contributed by atoms with E-state index in [4.69, 9.17) is 5.11 Å². The van der Waals surface area contributed by atoms with Gasteiger partial charge >= 0.3 is 5.97 Å². The first-order chi connectivity index (χ1) is 7.22. The number of carboxylic acid groups (broad SMARTS) is 1. The molecule has 2 atom stereocenters. The van der Waals surface area contributed by atoms with Gasteiger partial charge in [0.05, 0.1) is 0 Å². The first-order valence-corrected chi connectivity index (χ1v) is 6.99. The molecule has 0 aromatic rings. The molecule has 0 aromatic carbocycles. The van der Waals surface area contributed by atoms with Gasteiger partial charge in [0.25, 0.3) is 0 Å². The van der Waals surface area contributed by atoms with Gasteiger partial charge in [-0.1, -0.05) is 0 Å². The van der Waals surface area contributed by atoms with Crippen molar-refractivity contribution in [1.29, 1.82) is 0 Å². The lowest BCUT2D eigenvalue weighted by Gasteiger charge is -2.12. The van der Waals surface area contributed by atoms with Gasteiger partial charge in [-0.15, -0.1) is 0 Å². The summed E-state index contributed by atoms with van der Waals surface area (Å²) < 4.78 is 0. The Kier molecular flexibility index (Phi) is 6.10. The zero-order valence-corrected chi connectivity index (χ0v) is 10.2. The van der Waals surface area contributed by atoms with Crippen molar-refractivity contribution in [2.45, 2.75) is 49.8 Å². The quantitative estimate of drug-likeness (QED) is 0.659. The summed E-state index contributed by atoms with van der Waals surface area (Å²) in [6, 6.07) is 0.673. The monoisotopic (exact) mass is 231 g/mol. The predicted molar refractivity (Wildman–Crippen MR) is 64.4 cm³/mol. The Hall–Kier alpha value is -0.220. The number of carboxylic acids is 1. The van der Waals surface area contributed by atoms with E-state index in [1.807, 2.05) is 11.8 Å². The summed E-state index contributed by atoms with van der Waals surface area (Å²) >= 11 is 1.97. The van der Waals surface area contributed by atoms with Crippen LogP contribution in [-0.4, -0.2) is 35.2 Å². The minimum Gasteiger partial charge on any atom is -0.481 e. The van der Waals surface area contributed by atoms with Gasteiger partial charge in [0.15, 0.2) is 0 Å². The van der Waals surface area contributed by atoms with Crippen LogP contribution in [0.25, 0.3) is 0 Å². The maximum Gasteiger partial charge on any atom is 0.303 e. The smallest absolute Gasteiger partial charge is 0.303 e. The molecule has 0 heterocycles. The van der Waals surface area contributed by atoms with E-state index in [0.29, 0.717) is 12.5 Å². The lowest BCUT2D eigenvalue weighted by atomic mass is 10.2. The lowest BCUT2D eigenvalue weighted by molar-refractivity contribution is -0.137. The normalized spacial score (nSPS) is 25.7. The number of hydrogen-bond acceptors (Lipinski definition) is 3. The van der Waals surface area contributed by atoms with Crippen LogP contribution in [0.4, 0.5) is 0 Å². The number of hydrogen-bond donors (Lipinski definition) is 2. The van der Waals surface area contributed by atoms with Gasteiger partial charge in [-0.3, -0.25) is 4.79 Å². The van der Waals surface area contributed by atoms with Crippen LogP contribution in [0.2, 0.25) is 0 Å². The molecule has 0 radical (unpaired) electrons. The van der Waals surface area contributed by atoms with Crippen molar-refractivity contribution in [3.05, 3.63) is 0 Å². The lowest BCUT2D eigenvalue weighted by Crippen LogP contribution is -2.27.